The SMILES string of the molecule is c1ccc(-c2ccc(C3=C4Oc5ccccc5B5c6ccccc6OC(C54)C(c4ccc(-c5ccccc5)cc4)C3)cc2)cc1. The lowest BCUT2D eigenvalue weighted by Gasteiger charge is -2.49. The highest BCUT2D eigenvalue weighted by molar-refractivity contribution is 6.88. The first kappa shape index (κ1) is 26.2. The Balaban J connectivity index is 1.21. The Hall–Kier alpha value is -5.28. The predicted molar refractivity (Wildman–Crippen MR) is 185 cm³/mol. The van der Waals surface area contributed by atoms with Gasteiger partial charge in [-0.15, -0.1) is 0 Å². The monoisotopic (exact) mass is 578 g/mol. The number of ether oxygens (including phenoxy) is 2. The van der Waals surface area contributed by atoms with E-state index in [2.05, 4.69) is 158 Å². The third-order valence-electron chi connectivity index (χ3n) is 9.91. The minimum atomic E-state index is -0.0526. The van der Waals surface area contributed by atoms with E-state index in [0.29, 0.717) is 0 Å². The Bertz CT molecular complexity index is 2030. The summed E-state index contributed by atoms with van der Waals surface area (Å²) in [6, 6.07) is 56.6. The van der Waals surface area contributed by atoms with E-state index in [1.54, 1.807) is 0 Å². The van der Waals surface area contributed by atoms with E-state index in [-0.39, 0.29) is 24.6 Å². The quantitative estimate of drug-likeness (QED) is 0.195. The van der Waals surface area contributed by atoms with Crippen LogP contribution in [0, 0.1) is 0 Å². The lowest BCUT2D eigenvalue weighted by Crippen LogP contribution is -2.60. The normalized spacial score (nSPS) is 19.5. The van der Waals surface area contributed by atoms with Crippen molar-refractivity contribution in [2.45, 2.75) is 24.3 Å². The molecule has 0 saturated heterocycles. The van der Waals surface area contributed by atoms with Gasteiger partial charge in [0.1, 0.15) is 23.4 Å². The summed E-state index contributed by atoms with van der Waals surface area (Å²) in [7, 11) is 0. The molecule has 0 amide bonds. The second kappa shape index (κ2) is 10.7. The highest BCUT2D eigenvalue weighted by Crippen LogP contribution is 2.53. The number of rotatable bonds is 4. The second-order valence-electron chi connectivity index (χ2n) is 12.3. The first-order chi connectivity index (χ1) is 22.3. The zero-order chi connectivity index (χ0) is 29.7. The molecule has 3 unspecified atom stereocenters. The summed E-state index contributed by atoms with van der Waals surface area (Å²) in [5.41, 5.74) is 11.2. The van der Waals surface area contributed by atoms with Crippen molar-refractivity contribution in [2.75, 3.05) is 0 Å². The molecule has 6 aromatic rings. The Morgan fingerprint density at radius 2 is 0.956 bits per heavy atom. The van der Waals surface area contributed by atoms with E-state index in [9.17, 15) is 0 Å². The number of fused-ring (bicyclic) bond motifs is 4. The molecular weight excluding hydrogens is 547 g/mol. The Kier molecular flexibility index (Phi) is 6.23. The molecule has 6 aromatic carbocycles. The largest absolute Gasteiger partial charge is 0.490 e. The van der Waals surface area contributed by atoms with Crippen molar-refractivity contribution in [3.63, 3.8) is 0 Å². The molecule has 0 fully saturated rings. The standard InChI is InChI=1S/C42H31BO2/c1-3-11-28(12-4-1)30-19-23-32(24-20-30)34-27-35(33-25-21-31(22-26-33)29-13-5-2-6-14-29)42-40-41(34)44-38-17-9-7-15-36(38)43(40)37-16-8-10-18-39(37)45-42/h1-26,34,40-41H,27H2. The summed E-state index contributed by atoms with van der Waals surface area (Å²) in [5.74, 6) is 3.22. The molecule has 0 spiro atoms. The maximum absolute atomic E-state index is 7.02. The molecule has 0 radical (unpaired) electrons. The van der Waals surface area contributed by atoms with Gasteiger partial charge in [-0.3, -0.25) is 0 Å². The van der Waals surface area contributed by atoms with Crippen molar-refractivity contribution in [3.05, 3.63) is 175 Å². The van der Waals surface area contributed by atoms with Gasteiger partial charge < -0.3 is 9.47 Å². The fourth-order valence-corrected chi connectivity index (χ4v) is 7.77. The molecule has 2 heterocycles. The van der Waals surface area contributed by atoms with Crippen molar-refractivity contribution in [1.29, 1.82) is 0 Å². The van der Waals surface area contributed by atoms with Crippen LogP contribution in [0.15, 0.2) is 163 Å². The molecule has 214 valence electrons. The van der Waals surface area contributed by atoms with Gasteiger partial charge in [0.05, 0.1) is 0 Å². The van der Waals surface area contributed by atoms with E-state index in [0.717, 1.165) is 23.7 Å². The first-order valence-corrected chi connectivity index (χ1v) is 15.9. The van der Waals surface area contributed by atoms with Crippen LogP contribution < -0.4 is 20.4 Å². The molecule has 3 atom stereocenters. The van der Waals surface area contributed by atoms with E-state index >= 15 is 0 Å². The predicted octanol–water partition coefficient (Wildman–Crippen LogP) is 8.75. The lowest BCUT2D eigenvalue weighted by atomic mass is 9.29. The number of allylic oxidation sites excluding steroid dienone is 1. The number of hydrogen-bond donors (Lipinski definition) is 0. The van der Waals surface area contributed by atoms with Crippen LogP contribution in [0.5, 0.6) is 11.5 Å². The van der Waals surface area contributed by atoms with Gasteiger partial charge in [0.25, 0.3) is 0 Å². The molecular formula is C42H31BO2. The lowest BCUT2D eigenvalue weighted by molar-refractivity contribution is 0.143. The van der Waals surface area contributed by atoms with Crippen LogP contribution in [-0.2, 0) is 0 Å². The van der Waals surface area contributed by atoms with Gasteiger partial charge >= 0.3 is 0 Å². The van der Waals surface area contributed by atoms with Gasteiger partial charge in [-0.2, -0.15) is 0 Å². The zero-order valence-electron chi connectivity index (χ0n) is 24.8. The molecule has 3 aliphatic rings. The molecule has 2 nitrogen and oxygen atoms in total. The average molecular weight is 579 g/mol. The minimum Gasteiger partial charge on any atom is -0.490 e. The average Bonchev–Trinajstić information content (AvgIpc) is 3.12. The van der Waals surface area contributed by atoms with Crippen LogP contribution in [0.2, 0.25) is 5.82 Å². The van der Waals surface area contributed by atoms with Crippen molar-refractivity contribution in [3.8, 4) is 33.8 Å². The summed E-state index contributed by atoms with van der Waals surface area (Å²) < 4.78 is 13.9. The van der Waals surface area contributed by atoms with Crippen LogP contribution in [0.4, 0.5) is 0 Å². The summed E-state index contributed by atoms with van der Waals surface area (Å²) in [6.45, 7) is 0.157. The third-order valence-corrected chi connectivity index (χ3v) is 9.91. The summed E-state index contributed by atoms with van der Waals surface area (Å²) >= 11 is 0. The van der Waals surface area contributed by atoms with Crippen molar-refractivity contribution >= 4 is 23.2 Å². The van der Waals surface area contributed by atoms with E-state index in [4.69, 9.17) is 9.47 Å². The van der Waals surface area contributed by atoms with Crippen LogP contribution in [0.1, 0.15) is 23.5 Å². The molecule has 1 aliphatic carbocycles. The highest BCUT2D eigenvalue weighted by Gasteiger charge is 2.54. The first-order valence-electron chi connectivity index (χ1n) is 15.9. The summed E-state index contributed by atoms with van der Waals surface area (Å²) in [6.07, 6.45) is 0.784. The smallest absolute Gasteiger partial charge is 0.234 e. The maximum Gasteiger partial charge on any atom is 0.234 e. The number of benzene rings is 6. The van der Waals surface area contributed by atoms with E-state index < -0.39 is 0 Å². The molecule has 0 N–H and O–H groups in total. The highest BCUT2D eigenvalue weighted by atomic mass is 16.5. The number of para-hydroxylation sites is 2. The van der Waals surface area contributed by atoms with Gasteiger partial charge in [0.15, 0.2) is 0 Å². The van der Waals surface area contributed by atoms with Gasteiger partial charge in [0, 0.05) is 11.7 Å². The molecule has 45 heavy (non-hydrogen) atoms. The summed E-state index contributed by atoms with van der Waals surface area (Å²) in [4.78, 5) is 0. The topological polar surface area (TPSA) is 18.5 Å². The molecule has 0 bridgehead atoms. The maximum atomic E-state index is 7.02. The molecule has 0 aromatic heterocycles. The Morgan fingerprint density at radius 3 is 1.60 bits per heavy atom. The Morgan fingerprint density at radius 1 is 0.467 bits per heavy atom. The van der Waals surface area contributed by atoms with Gasteiger partial charge in [-0.05, 0) is 68.4 Å². The summed E-state index contributed by atoms with van der Waals surface area (Å²) in [5, 5.41) is 0. The van der Waals surface area contributed by atoms with Gasteiger partial charge in [-0.25, -0.2) is 0 Å². The fraction of sp³-hybridized carbons (Fsp3) is 0.0952. The van der Waals surface area contributed by atoms with Gasteiger partial charge in [-0.1, -0.05) is 146 Å². The van der Waals surface area contributed by atoms with Crippen LogP contribution in [-0.4, -0.2) is 12.8 Å². The molecule has 0 saturated carbocycles. The molecule has 3 heteroatoms. The second-order valence-corrected chi connectivity index (χ2v) is 12.3. The van der Waals surface area contributed by atoms with Crippen LogP contribution >= 0.6 is 0 Å². The van der Waals surface area contributed by atoms with E-state index in [1.165, 1.54) is 49.9 Å². The number of hydrogen-bond acceptors (Lipinski definition) is 2. The van der Waals surface area contributed by atoms with E-state index in [1.807, 2.05) is 0 Å². The molecule has 2 aliphatic heterocycles. The van der Waals surface area contributed by atoms with Crippen LogP contribution in [0.3, 0.4) is 0 Å². The third kappa shape index (κ3) is 4.42. The Labute approximate surface area is 264 Å². The van der Waals surface area contributed by atoms with Gasteiger partial charge in [0.2, 0.25) is 6.71 Å². The van der Waals surface area contributed by atoms with Crippen molar-refractivity contribution in [2.24, 2.45) is 0 Å². The minimum absolute atomic E-state index is 0.0526. The van der Waals surface area contributed by atoms with Crippen molar-refractivity contribution in [1.82, 2.24) is 0 Å². The van der Waals surface area contributed by atoms with Crippen LogP contribution in [0.25, 0.3) is 27.8 Å². The fourth-order valence-electron chi connectivity index (χ4n) is 7.77. The molecule has 9 rings (SSSR count). The van der Waals surface area contributed by atoms with Crippen molar-refractivity contribution < 1.29 is 9.47 Å². The zero-order valence-corrected chi connectivity index (χ0v) is 24.8.